The molecule has 1 amide bonds. The smallest absolute Gasteiger partial charge is 0.262 e. The lowest BCUT2D eigenvalue weighted by Crippen LogP contribution is -2.42. The average Bonchev–Trinajstić information content (AvgIpc) is 2.90. The van der Waals surface area contributed by atoms with Crippen LogP contribution in [-0.4, -0.2) is 70.3 Å². The van der Waals surface area contributed by atoms with Crippen LogP contribution in [0.2, 0.25) is 0 Å². The number of sulfonamides is 1. The van der Waals surface area contributed by atoms with Crippen LogP contribution >= 0.6 is 0 Å². The number of nitrogens with zero attached hydrogens (tertiary/aromatic N) is 2. The van der Waals surface area contributed by atoms with Crippen LogP contribution < -0.4 is 19.5 Å². The summed E-state index contributed by atoms with van der Waals surface area (Å²) >= 11 is 0. The van der Waals surface area contributed by atoms with E-state index in [1.54, 1.807) is 41.6 Å². The molecule has 196 valence electrons. The van der Waals surface area contributed by atoms with Crippen molar-refractivity contribution in [1.29, 1.82) is 0 Å². The van der Waals surface area contributed by atoms with Gasteiger partial charge in [0.25, 0.3) is 15.9 Å². The molecular weight excluding hydrogens is 496 g/mol. The van der Waals surface area contributed by atoms with Gasteiger partial charge in [-0.15, -0.1) is 0 Å². The number of benzene rings is 2. The van der Waals surface area contributed by atoms with Gasteiger partial charge in [0.15, 0.2) is 6.61 Å². The fourth-order valence-corrected chi connectivity index (χ4v) is 4.79. The van der Waals surface area contributed by atoms with E-state index in [-0.39, 0.29) is 17.4 Å². The second kappa shape index (κ2) is 12.4. The molecule has 11 heteroatoms. The van der Waals surface area contributed by atoms with Crippen molar-refractivity contribution in [2.75, 3.05) is 56.1 Å². The minimum absolute atomic E-state index is 0.0225. The number of morpholine rings is 1. The van der Waals surface area contributed by atoms with Crippen molar-refractivity contribution in [1.82, 2.24) is 9.88 Å². The maximum atomic E-state index is 13.1. The van der Waals surface area contributed by atoms with Crippen molar-refractivity contribution >= 4 is 27.3 Å². The van der Waals surface area contributed by atoms with Gasteiger partial charge in [0.05, 0.1) is 23.8 Å². The van der Waals surface area contributed by atoms with Crippen LogP contribution in [0.3, 0.4) is 0 Å². The molecule has 10 nitrogen and oxygen atoms in total. The molecule has 0 unspecified atom stereocenters. The van der Waals surface area contributed by atoms with E-state index >= 15 is 0 Å². The van der Waals surface area contributed by atoms with Crippen LogP contribution in [0.4, 0.5) is 11.4 Å². The first-order valence-corrected chi connectivity index (χ1v) is 13.4. The van der Waals surface area contributed by atoms with Crippen molar-refractivity contribution in [3.63, 3.8) is 0 Å². The van der Waals surface area contributed by atoms with Crippen molar-refractivity contribution in [3.8, 4) is 11.5 Å². The Bertz CT molecular complexity index is 1300. The highest BCUT2D eigenvalue weighted by Crippen LogP contribution is 2.25. The Balaban J connectivity index is 1.34. The van der Waals surface area contributed by atoms with E-state index in [9.17, 15) is 13.2 Å². The molecule has 1 aliphatic heterocycles. The van der Waals surface area contributed by atoms with Crippen molar-refractivity contribution in [2.45, 2.75) is 11.8 Å². The summed E-state index contributed by atoms with van der Waals surface area (Å²) in [6.07, 6.45) is 3.41. The molecule has 2 heterocycles. The van der Waals surface area contributed by atoms with Gasteiger partial charge in [-0.25, -0.2) is 8.42 Å². The Hall–Kier alpha value is -3.83. The third-order valence-corrected chi connectivity index (χ3v) is 6.90. The monoisotopic (exact) mass is 526 g/mol. The highest BCUT2D eigenvalue weighted by molar-refractivity contribution is 7.92. The van der Waals surface area contributed by atoms with Gasteiger partial charge in [0.1, 0.15) is 18.1 Å². The number of anilines is 2. The summed E-state index contributed by atoms with van der Waals surface area (Å²) in [7, 11) is -3.91. The lowest BCUT2D eigenvalue weighted by molar-refractivity contribution is -0.137. The van der Waals surface area contributed by atoms with Gasteiger partial charge in [-0.3, -0.25) is 14.5 Å². The van der Waals surface area contributed by atoms with E-state index in [1.165, 1.54) is 12.1 Å². The minimum atomic E-state index is -3.91. The van der Waals surface area contributed by atoms with Gasteiger partial charge >= 0.3 is 0 Å². The second-order valence-corrected chi connectivity index (χ2v) is 10.1. The molecule has 0 spiro atoms. The summed E-state index contributed by atoms with van der Waals surface area (Å²) in [6, 6.07) is 15.0. The normalized spacial score (nSPS) is 13.6. The van der Waals surface area contributed by atoms with Crippen molar-refractivity contribution in [2.24, 2.45) is 0 Å². The van der Waals surface area contributed by atoms with E-state index < -0.39 is 10.0 Å². The van der Waals surface area contributed by atoms with E-state index in [1.807, 2.05) is 25.1 Å². The van der Waals surface area contributed by atoms with Crippen LogP contribution in [0.15, 0.2) is 71.9 Å². The molecule has 0 atom stereocenters. The minimum Gasteiger partial charge on any atom is -0.492 e. The van der Waals surface area contributed by atoms with Crippen LogP contribution in [0.25, 0.3) is 0 Å². The molecule has 4 rings (SSSR count). The highest BCUT2D eigenvalue weighted by atomic mass is 32.2. The number of aryl methyl sites for hydroxylation is 1. The molecule has 1 aromatic heterocycles. The molecular formula is C26H30N4O6S. The van der Waals surface area contributed by atoms with E-state index in [2.05, 4.69) is 15.0 Å². The van der Waals surface area contributed by atoms with Gasteiger partial charge in [-0.1, -0.05) is 6.07 Å². The molecule has 2 aromatic carbocycles. The van der Waals surface area contributed by atoms with Crippen LogP contribution in [0.1, 0.15) is 5.56 Å². The predicted molar refractivity (Wildman–Crippen MR) is 140 cm³/mol. The number of carbonyl (C=O) groups is 1. The first kappa shape index (κ1) is 26.2. The Kier molecular flexibility index (Phi) is 8.81. The van der Waals surface area contributed by atoms with E-state index in [0.717, 1.165) is 11.3 Å². The predicted octanol–water partition coefficient (Wildman–Crippen LogP) is 2.92. The number of rotatable bonds is 11. The SMILES string of the molecule is Cc1cc(NS(=O)(=O)c2cccc(OCC(=O)N3CCOCC3)c2)cc(OCCNc2ccncc2)c1. The Morgan fingerprint density at radius 3 is 2.57 bits per heavy atom. The number of aromatic nitrogens is 1. The van der Waals surface area contributed by atoms with E-state index in [0.29, 0.717) is 56.6 Å². The fourth-order valence-electron chi connectivity index (χ4n) is 3.72. The number of nitrogens with one attached hydrogen (secondary N) is 2. The van der Waals surface area contributed by atoms with Crippen molar-refractivity contribution < 1.29 is 27.4 Å². The molecule has 0 aliphatic carbocycles. The van der Waals surface area contributed by atoms with Crippen LogP contribution in [-0.2, 0) is 19.6 Å². The summed E-state index contributed by atoms with van der Waals surface area (Å²) in [5.74, 6) is 0.672. The Morgan fingerprint density at radius 2 is 1.78 bits per heavy atom. The fraction of sp³-hybridized carbons (Fsp3) is 0.308. The molecule has 1 aliphatic rings. The standard InChI is InChI=1S/C26H30N4O6S/c1-20-15-22(17-24(16-20)35-12-9-28-21-5-7-27-8-6-21)29-37(32,33)25-4-2-3-23(18-25)36-19-26(31)30-10-13-34-14-11-30/h2-8,15-18,29H,9-14,19H2,1H3,(H,27,28). The van der Waals surface area contributed by atoms with Gasteiger partial charge in [0.2, 0.25) is 0 Å². The number of carbonyl (C=O) groups excluding carboxylic acids is 1. The van der Waals surface area contributed by atoms with Crippen LogP contribution in [0, 0.1) is 6.92 Å². The summed E-state index contributed by atoms with van der Waals surface area (Å²) in [5, 5.41) is 3.23. The van der Waals surface area contributed by atoms with Gasteiger partial charge in [-0.05, 0) is 48.9 Å². The van der Waals surface area contributed by atoms with Crippen LogP contribution in [0.5, 0.6) is 11.5 Å². The first-order chi connectivity index (χ1) is 17.9. The summed E-state index contributed by atoms with van der Waals surface area (Å²) in [4.78, 5) is 18.0. The zero-order valence-electron chi connectivity index (χ0n) is 20.6. The van der Waals surface area contributed by atoms with Gasteiger partial charge in [0, 0.05) is 49.8 Å². The summed E-state index contributed by atoms with van der Waals surface area (Å²) < 4.78 is 45.4. The molecule has 37 heavy (non-hydrogen) atoms. The maximum absolute atomic E-state index is 13.1. The lowest BCUT2D eigenvalue weighted by Gasteiger charge is -2.26. The second-order valence-electron chi connectivity index (χ2n) is 8.41. The van der Waals surface area contributed by atoms with Crippen molar-refractivity contribution in [3.05, 3.63) is 72.6 Å². The average molecular weight is 527 g/mol. The molecule has 2 N–H and O–H groups in total. The van der Waals surface area contributed by atoms with Gasteiger partial charge in [-0.2, -0.15) is 0 Å². The molecule has 0 radical (unpaired) electrons. The first-order valence-electron chi connectivity index (χ1n) is 11.9. The zero-order valence-corrected chi connectivity index (χ0v) is 21.4. The third kappa shape index (κ3) is 7.83. The summed E-state index contributed by atoms with van der Waals surface area (Å²) in [5.41, 5.74) is 2.16. The number of pyridine rings is 1. The number of hydrogen-bond acceptors (Lipinski definition) is 8. The highest BCUT2D eigenvalue weighted by Gasteiger charge is 2.19. The number of ether oxygens (including phenoxy) is 3. The van der Waals surface area contributed by atoms with E-state index in [4.69, 9.17) is 14.2 Å². The number of amides is 1. The topological polar surface area (TPSA) is 119 Å². The molecule has 0 bridgehead atoms. The maximum Gasteiger partial charge on any atom is 0.262 e. The Morgan fingerprint density at radius 1 is 1.00 bits per heavy atom. The quantitative estimate of drug-likeness (QED) is 0.366. The summed E-state index contributed by atoms with van der Waals surface area (Å²) in [6.45, 7) is 4.68. The largest absolute Gasteiger partial charge is 0.492 e. The Labute approximate surface area is 216 Å². The zero-order chi connectivity index (χ0) is 26.1. The number of hydrogen-bond donors (Lipinski definition) is 2. The molecule has 1 saturated heterocycles. The molecule has 0 saturated carbocycles. The van der Waals surface area contributed by atoms with Gasteiger partial charge < -0.3 is 24.4 Å². The lowest BCUT2D eigenvalue weighted by atomic mass is 10.2. The molecule has 3 aromatic rings. The molecule has 1 fully saturated rings. The third-order valence-electron chi connectivity index (χ3n) is 5.53.